The second-order valence-electron chi connectivity index (χ2n) is 3.47. The number of nitrogens with one attached hydrogen (secondary N) is 2. The summed E-state index contributed by atoms with van der Waals surface area (Å²) in [5, 5.41) is 5.91. The first-order valence-corrected chi connectivity index (χ1v) is 6.56. The summed E-state index contributed by atoms with van der Waals surface area (Å²) in [7, 11) is -0.648. The van der Waals surface area contributed by atoms with Gasteiger partial charge < -0.3 is 10.6 Å². The van der Waals surface area contributed by atoms with Crippen LogP contribution in [0.25, 0.3) is 0 Å². The molecule has 1 aliphatic heterocycles. The van der Waals surface area contributed by atoms with Crippen LogP contribution in [0, 0.1) is 0 Å². The van der Waals surface area contributed by atoms with E-state index in [9.17, 15) is 9.00 Å². The molecule has 1 amide bonds. The molecule has 1 heterocycles. The van der Waals surface area contributed by atoms with E-state index in [0.29, 0.717) is 6.54 Å². The number of rotatable bonds is 4. The Bertz CT molecular complexity index is 211. The predicted molar refractivity (Wildman–Crippen MR) is 57.6 cm³/mol. The minimum Gasteiger partial charge on any atom is -0.352 e. The fourth-order valence-electron chi connectivity index (χ4n) is 1.46. The van der Waals surface area contributed by atoms with Gasteiger partial charge >= 0.3 is 0 Å². The maximum Gasteiger partial charge on any atom is 0.234 e. The average Bonchev–Trinajstić information content (AvgIpc) is 2.18. The first-order valence-electron chi connectivity index (χ1n) is 5.07. The molecule has 1 rings (SSSR count). The molecule has 0 aromatic carbocycles. The lowest BCUT2D eigenvalue weighted by Crippen LogP contribution is -2.43. The minimum absolute atomic E-state index is 0.0459. The summed E-state index contributed by atoms with van der Waals surface area (Å²) in [6.45, 7) is 3.16. The van der Waals surface area contributed by atoms with Gasteiger partial charge in [0.15, 0.2) is 0 Å². The van der Waals surface area contributed by atoms with Crippen LogP contribution < -0.4 is 10.6 Å². The van der Waals surface area contributed by atoms with Crippen molar-refractivity contribution in [3.05, 3.63) is 0 Å². The van der Waals surface area contributed by atoms with E-state index >= 15 is 0 Å². The van der Waals surface area contributed by atoms with Gasteiger partial charge in [0.1, 0.15) is 0 Å². The molecule has 0 atom stereocenters. The highest BCUT2D eigenvalue weighted by Gasteiger charge is 2.18. The fourth-order valence-corrected chi connectivity index (χ4v) is 2.75. The zero-order valence-corrected chi connectivity index (χ0v) is 9.36. The maximum absolute atomic E-state index is 11.3. The van der Waals surface area contributed by atoms with Gasteiger partial charge in [-0.15, -0.1) is 0 Å². The van der Waals surface area contributed by atoms with E-state index in [2.05, 4.69) is 10.6 Å². The van der Waals surface area contributed by atoms with Crippen LogP contribution in [0.5, 0.6) is 0 Å². The lowest BCUT2D eigenvalue weighted by molar-refractivity contribution is -0.121. The zero-order chi connectivity index (χ0) is 10.4. The first-order chi connectivity index (χ1) is 6.72. The predicted octanol–water partition coefficient (Wildman–Crippen LogP) is -0.377. The summed E-state index contributed by atoms with van der Waals surface area (Å²) in [4.78, 5) is 11.3. The number of likely N-dealkylation sites (N-methyl/N-ethyl adjacent to an activating group) is 1. The van der Waals surface area contributed by atoms with Crippen molar-refractivity contribution in [2.45, 2.75) is 25.8 Å². The van der Waals surface area contributed by atoms with Gasteiger partial charge in [0.05, 0.1) is 6.54 Å². The number of carbonyl (C=O) groups excluding carboxylic acids is 1. The van der Waals surface area contributed by atoms with Crippen LogP contribution in [0.15, 0.2) is 0 Å². The maximum atomic E-state index is 11.3. The Morgan fingerprint density at radius 3 is 2.64 bits per heavy atom. The smallest absolute Gasteiger partial charge is 0.234 e. The first kappa shape index (κ1) is 11.7. The Labute approximate surface area is 87.3 Å². The fraction of sp³-hybridized carbons (Fsp3) is 0.889. The Hall–Kier alpha value is -0.420. The van der Waals surface area contributed by atoms with Gasteiger partial charge in [0.2, 0.25) is 5.91 Å². The van der Waals surface area contributed by atoms with E-state index in [1.54, 1.807) is 0 Å². The molecule has 0 bridgehead atoms. The molecule has 0 aliphatic carbocycles. The van der Waals surface area contributed by atoms with Crippen LogP contribution in [-0.4, -0.2) is 40.8 Å². The monoisotopic (exact) mass is 218 g/mol. The van der Waals surface area contributed by atoms with Gasteiger partial charge in [-0.05, 0) is 19.4 Å². The summed E-state index contributed by atoms with van der Waals surface area (Å²) in [5.74, 6) is 1.50. The molecular weight excluding hydrogens is 200 g/mol. The summed E-state index contributed by atoms with van der Waals surface area (Å²) >= 11 is 0. The molecule has 0 unspecified atom stereocenters. The SMILES string of the molecule is CCNCC(=O)NC1CCS(=O)CC1. The molecule has 0 radical (unpaired) electrons. The van der Waals surface area contributed by atoms with Gasteiger partial charge in [-0.25, -0.2) is 0 Å². The van der Waals surface area contributed by atoms with Gasteiger partial charge in [0, 0.05) is 28.3 Å². The van der Waals surface area contributed by atoms with Crippen molar-refractivity contribution in [3.8, 4) is 0 Å². The van der Waals surface area contributed by atoms with Crippen LogP contribution in [0.4, 0.5) is 0 Å². The second-order valence-corrected chi connectivity index (χ2v) is 5.17. The van der Waals surface area contributed by atoms with Gasteiger partial charge in [-0.1, -0.05) is 6.92 Å². The molecule has 1 aliphatic rings. The van der Waals surface area contributed by atoms with Crippen LogP contribution >= 0.6 is 0 Å². The van der Waals surface area contributed by atoms with Crippen molar-refractivity contribution in [3.63, 3.8) is 0 Å². The topological polar surface area (TPSA) is 58.2 Å². The molecule has 0 aromatic heterocycles. The molecule has 2 N–H and O–H groups in total. The molecule has 82 valence electrons. The summed E-state index contributed by atoms with van der Waals surface area (Å²) in [6.07, 6.45) is 1.70. The molecule has 4 nitrogen and oxygen atoms in total. The minimum atomic E-state index is -0.648. The molecule has 0 spiro atoms. The highest BCUT2D eigenvalue weighted by molar-refractivity contribution is 7.85. The molecular formula is C9H18N2O2S. The number of carbonyl (C=O) groups is 1. The quantitative estimate of drug-likeness (QED) is 0.676. The third-order valence-corrected chi connectivity index (χ3v) is 3.67. The molecule has 0 aromatic rings. The highest BCUT2D eigenvalue weighted by atomic mass is 32.2. The summed E-state index contributed by atoms with van der Waals surface area (Å²) in [6, 6.07) is 0.235. The second kappa shape index (κ2) is 6.14. The van der Waals surface area contributed by atoms with E-state index in [1.165, 1.54) is 0 Å². The van der Waals surface area contributed by atoms with Crippen molar-refractivity contribution in [2.75, 3.05) is 24.6 Å². The molecule has 5 heteroatoms. The van der Waals surface area contributed by atoms with Crippen LogP contribution in [0.1, 0.15) is 19.8 Å². The van der Waals surface area contributed by atoms with Crippen molar-refractivity contribution >= 4 is 16.7 Å². The van der Waals surface area contributed by atoms with Crippen molar-refractivity contribution in [1.29, 1.82) is 0 Å². The Balaban J connectivity index is 2.17. The third-order valence-electron chi connectivity index (χ3n) is 2.29. The molecule has 0 saturated carbocycles. The lowest BCUT2D eigenvalue weighted by Gasteiger charge is -2.22. The van der Waals surface area contributed by atoms with Gasteiger partial charge in [-0.2, -0.15) is 0 Å². The Morgan fingerprint density at radius 2 is 2.07 bits per heavy atom. The molecule has 14 heavy (non-hydrogen) atoms. The third kappa shape index (κ3) is 4.19. The highest BCUT2D eigenvalue weighted by Crippen LogP contribution is 2.08. The number of hydrogen-bond acceptors (Lipinski definition) is 3. The normalized spacial score (nSPS) is 27.2. The summed E-state index contributed by atoms with van der Waals surface area (Å²) < 4.78 is 11.1. The van der Waals surface area contributed by atoms with Gasteiger partial charge in [0.25, 0.3) is 0 Å². The van der Waals surface area contributed by atoms with Crippen LogP contribution in [0.2, 0.25) is 0 Å². The van der Waals surface area contributed by atoms with Crippen molar-refractivity contribution in [2.24, 2.45) is 0 Å². The average molecular weight is 218 g/mol. The van der Waals surface area contributed by atoms with Crippen molar-refractivity contribution < 1.29 is 9.00 Å². The van der Waals surface area contributed by atoms with E-state index in [-0.39, 0.29) is 11.9 Å². The molecule has 1 fully saturated rings. The van der Waals surface area contributed by atoms with E-state index in [1.807, 2.05) is 6.92 Å². The molecule has 1 saturated heterocycles. The van der Waals surface area contributed by atoms with E-state index < -0.39 is 10.8 Å². The zero-order valence-electron chi connectivity index (χ0n) is 8.54. The van der Waals surface area contributed by atoms with E-state index in [0.717, 1.165) is 30.9 Å². The number of amides is 1. The largest absolute Gasteiger partial charge is 0.352 e. The van der Waals surface area contributed by atoms with Crippen LogP contribution in [0.3, 0.4) is 0 Å². The van der Waals surface area contributed by atoms with Crippen molar-refractivity contribution in [1.82, 2.24) is 10.6 Å². The number of hydrogen-bond donors (Lipinski definition) is 2. The van der Waals surface area contributed by atoms with Gasteiger partial charge in [-0.3, -0.25) is 9.00 Å². The summed E-state index contributed by atoms with van der Waals surface area (Å²) in [5.41, 5.74) is 0. The van der Waals surface area contributed by atoms with Crippen LogP contribution in [-0.2, 0) is 15.6 Å². The van der Waals surface area contributed by atoms with E-state index in [4.69, 9.17) is 0 Å². The standard InChI is InChI=1S/C9H18N2O2S/c1-2-10-7-9(12)11-8-3-5-14(13)6-4-8/h8,10H,2-7H2,1H3,(H,11,12). The lowest BCUT2D eigenvalue weighted by atomic mass is 10.1. The Kier molecular flexibility index (Phi) is 5.11. The Morgan fingerprint density at radius 1 is 1.43 bits per heavy atom.